The summed E-state index contributed by atoms with van der Waals surface area (Å²) in [6, 6.07) is 8.51. The van der Waals surface area contributed by atoms with E-state index in [2.05, 4.69) is 36.1 Å². The first-order valence-corrected chi connectivity index (χ1v) is 7.21. The van der Waals surface area contributed by atoms with E-state index < -0.39 is 5.97 Å². The quantitative estimate of drug-likeness (QED) is 0.883. The molecule has 2 aliphatic rings. The maximum absolute atomic E-state index is 10.9. The average Bonchev–Trinajstić information content (AvgIpc) is 3.10. The Morgan fingerprint density at radius 2 is 2.16 bits per heavy atom. The van der Waals surface area contributed by atoms with Crippen molar-refractivity contribution in [3.63, 3.8) is 0 Å². The zero-order valence-electron chi connectivity index (χ0n) is 11.4. The molecule has 102 valence electrons. The second kappa shape index (κ2) is 4.87. The molecule has 0 amide bonds. The number of carbonyl (C=O) groups is 1. The molecule has 1 heterocycles. The van der Waals surface area contributed by atoms with Crippen LogP contribution in [0.15, 0.2) is 24.3 Å². The van der Waals surface area contributed by atoms with Crippen LogP contribution in [0, 0.1) is 11.8 Å². The molecule has 0 spiro atoms. The number of carboxylic acid groups (broad SMARTS) is 1. The summed E-state index contributed by atoms with van der Waals surface area (Å²) in [5.41, 5.74) is 2.67. The molecule has 1 aromatic rings. The van der Waals surface area contributed by atoms with E-state index >= 15 is 0 Å². The summed E-state index contributed by atoms with van der Waals surface area (Å²) in [5, 5.41) is 9.00. The third-order valence-corrected chi connectivity index (χ3v) is 4.45. The first-order valence-electron chi connectivity index (χ1n) is 7.21. The standard InChI is InChI=1S/C16H21NO2/c1-11(8-16(18)19)14-10-17(9-12-6-7-12)15-5-3-2-4-13(14)15/h2-5,11-12,14H,6-10H2,1H3,(H,18,19). The minimum absolute atomic E-state index is 0.197. The minimum atomic E-state index is -0.689. The molecule has 1 saturated carbocycles. The van der Waals surface area contributed by atoms with Crippen LogP contribution in [0.25, 0.3) is 0 Å². The lowest BCUT2D eigenvalue weighted by Crippen LogP contribution is -2.26. The SMILES string of the molecule is CC(CC(=O)O)C1CN(CC2CC2)c2ccccc21. The number of fused-ring (bicyclic) bond motifs is 1. The van der Waals surface area contributed by atoms with Crippen molar-refractivity contribution in [1.29, 1.82) is 0 Å². The molecule has 0 aromatic heterocycles. The molecule has 3 rings (SSSR count). The summed E-state index contributed by atoms with van der Waals surface area (Å²) in [5.74, 6) is 0.737. The Bertz CT molecular complexity index is 481. The molecule has 1 aromatic carbocycles. The van der Waals surface area contributed by atoms with Crippen LogP contribution < -0.4 is 4.90 Å². The summed E-state index contributed by atoms with van der Waals surface area (Å²) in [6.45, 7) is 4.20. The van der Waals surface area contributed by atoms with Crippen LogP contribution in [0.3, 0.4) is 0 Å². The van der Waals surface area contributed by atoms with Crippen LogP contribution in [0.5, 0.6) is 0 Å². The van der Waals surface area contributed by atoms with E-state index in [4.69, 9.17) is 5.11 Å². The van der Waals surface area contributed by atoms with Gasteiger partial charge < -0.3 is 10.0 Å². The van der Waals surface area contributed by atoms with E-state index in [0.29, 0.717) is 5.92 Å². The van der Waals surface area contributed by atoms with Crippen LogP contribution in [0.2, 0.25) is 0 Å². The van der Waals surface area contributed by atoms with E-state index in [1.807, 2.05) is 0 Å². The zero-order chi connectivity index (χ0) is 13.4. The Labute approximate surface area is 114 Å². The monoisotopic (exact) mass is 259 g/mol. The number of hydrogen-bond donors (Lipinski definition) is 1. The van der Waals surface area contributed by atoms with Gasteiger partial charge in [-0.15, -0.1) is 0 Å². The fourth-order valence-electron chi connectivity index (χ4n) is 3.21. The molecule has 0 bridgehead atoms. The summed E-state index contributed by atoms with van der Waals surface area (Å²) in [6.07, 6.45) is 2.97. The molecule has 2 unspecified atom stereocenters. The van der Waals surface area contributed by atoms with Crippen molar-refractivity contribution < 1.29 is 9.90 Å². The molecular formula is C16H21NO2. The third kappa shape index (κ3) is 2.60. The van der Waals surface area contributed by atoms with Gasteiger partial charge in [-0.05, 0) is 36.3 Å². The van der Waals surface area contributed by atoms with Crippen molar-refractivity contribution >= 4 is 11.7 Å². The first kappa shape index (κ1) is 12.5. The Morgan fingerprint density at radius 1 is 1.42 bits per heavy atom. The highest BCUT2D eigenvalue weighted by Gasteiger charge is 2.35. The molecule has 1 fully saturated rings. The maximum Gasteiger partial charge on any atom is 0.303 e. The van der Waals surface area contributed by atoms with Gasteiger partial charge >= 0.3 is 5.97 Å². The Hall–Kier alpha value is -1.51. The van der Waals surface area contributed by atoms with E-state index in [0.717, 1.165) is 19.0 Å². The Morgan fingerprint density at radius 3 is 2.84 bits per heavy atom. The maximum atomic E-state index is 10.9. The third-order valence-electron chi connectivity index (χ3n) is 4.45. The van der Waals surface area contributed by atoms with Crippen molar-refractivity contribution in [1.82, 2.24) is 0 Å². The van der Waals surface area contributed by atoms with Gasteiger partial charge in [0.1, 0.15) is 0 Å². The average molecular weight is 259 g/mol. The number of rotatable bonds is 5. The highest BCUT2D eigenvalue weighted by atomic mass is 16.4. The summed E-state index contributed by atoms with van der Waals surface area (Å²) in [7, 11) is 0. The molecule has 0 saturated heterocycles. The van der Waals surface area contributed by atoms with Crippen LogP contribution in [-0.2, 0) is 4.79 Å². The predicted octanol–water partition coefficient (Wildman–Crippen LogP) is 3.11. The molecular weight excluding hydrogens is 238 g/mol. The molecule has 19 heavy (non-hydrogen) atoms. The molecule has 3 heteroatoms. The molecule has 3 nitrogen and oxygen atoms in total. The first-order chi connectivity index (χ1) is 9.15. The molecule has 0 radical (unpaired) electrons. The van der Waals surface area contributed by atoms with Gasteiger partial charge in [0.2, 0.25) is 0 Å². The zero-order valence-corrected chi connectivity index (χ0v) is 11.4. The lowest BCUT2D eigenvalue weighted by molar-refractivity contribution is -0.138. The fourth-order valence-corrected chi connectivity index (χ4v) is 3.21. The largest absolute Gasteiger partial charge is 0.481 e. The number of carboxylic acids is 1. The Balaban J connectivity index is 1.80. The second-order valence-electron chi connectivity index (χ2n) is 6.09. The lowest BCUT2D eigenvalue weighted by atomic mass is 9.87. The summed E-state index contributed by atoms with van der Waals surface area (Å²) < 4.78 is 0. The molecule has 1 aliphatic heterocycles. The minimum Gasteiger partial charge on any atom is -0.481 e. The summed E-state index contributed by atoms with van der Waals surface area (Å²) in [4.78, 5) is 13.4. The van der Waals surface area contributed by atoms with Gasteiger partial charge in [-0.1, -0.05) is 25.1 Å². The van der Waals surface area contributed by atoms with Crippen LogP contribution in [-0.4, -0.2) is 24.2 Å². The number of aliphatic carboxylic acids is 1. The number of hydrogen-bond acceptors (Lipinski definition) is 2. The van der Waals surface area contributed by atoms with Gasteiger partial charge in [-0.2, -0.15) is 0 Å². The van der Waals surface area contributed by atoms with Crippen LogP contribution in [0.4, 0.5) is 5.69 Å². The van der Waals surface area contributed by atoms with Crippen LogP contribution >= 0.6 is 0 Å². The van der Waals surface area contributed by atoms with Gasteiger partial charge in [0, 0.05) is 31.1 Å². The highest BCUT2D eigenvalue weighted by Crippen LogP contribution is 2.43. The van der Waals surface area contributed by atoms with Gasteiger partial charge in [0.25, 0.3) is 0 Å². The second-order valence-corrected chi connectivity index (χ2v) is 6.09. The predicted molar refractivity (Wildman–Crippen MR) is 75.5 cm³/mol. The van der Waals surface area contributed by atoms with E-state index in [1.54, 1.807) is 0 Å². The fraction of sp³-hybridized carbons (Fsp3) is 0.562. The number of para-hydroxylation sites is 1. The van der Waals surface area contributed by atoms with Gasteiger partial charge in [0.05, 0.1) is 0 Å². The molecule has 1 N–H and O–H groups in total. The van der Waals surface area contributed by atoms with Gasteiger partial charge in [-0.25, -0.2) is 0 Å². The lowest BCUT2D eigenvalue weighted by Gasteiger charge is -2.21. The van der Waals surface area contributed by atoms with Crippen molar-refractivity contribution in [3.05, 3.63) is 29.8 Å². The van der Waals surface area contributed by atoms with Gasteiger partial charge in [-0.3, -0.25) is 4.79 Å². The topological polar surface area (TPSA) is 40.5 Å². The number of benzene rings is 1. The van der Waals surface area contributed by atoms with Crippen molar-refractivity contribution in [2.45, 2.75) is 32.1 Å². The van der Waals surface area contributed by atoms with Crippen molar-refractivity contribution in [3.8, 4) is 0 Å². The van der Waals surface area contributed by atoms with Crippen LogP contribution in [0.1, 0.15) is 37.7 Å². The van der Waals surface area contributed by atoms with Gasteiger partial charge in [0.15, 0.2) is 0 Å². The highest BCUT2D eigenvalue weighted by molar-refractivity contribution is 5.68. The van der Waals surface area contributed by atoms with E-state index in [-0.39, 0.29) is 12.3 Å². The molecule has 2 atom stereocenters. The molecule has 1 aliphatic carbocycles. The smallest absolute Gasteiger partial charge is 0.303 e. The van der Waals surface area contributed by atoms with Crippen molar-refractivity contribution in [2.75, 3.05) is 18.0 Å². The Kier molecular flexibility index (Phi) is 3.21. The summed E-state index contributed by atoms with van der Waals surface area (Å²) >= 11 is 0. The van der Waals surface area contributed by atoms with E-state index in [1.165, 1.54) is 24.1 Å². The van der Waals surface area contributed by atoms with E-state index in [9.17, 15) is 4.79 Å². The number of nitrogens with zero attached hydrogens (tertiary/aromatic N) is 1. The normalized spacial score (nSPS) is 23.2. The number of anilines is 1. The van der Waals surface area contributed by atoms with Crippen molar-refractivity contribution in [2.24, 2.45) is 11.8 Å².